The summed E-state index contributed by atoms with van der Waals surface area (Å²) < 4.78 is 0. The number of hydrogen-bond donors (Lipinski definition) is 3. The van der Waals surface area contributed by atoms with Crippen LogP contribution in [0, 0.1) is 11.8 Å². The first-order valence-electron chi connectivity index (χ1n) is 7.36. The molecule has 0 spiro atoms. The second-order valence-corrected chi connectivity index (χ2v) is 6.66. The van der Waals surface area contributed by atoms with E-state index in [-0.39, 0.29) is 11.9 Å². The van der Waals surface area contributed by atoms with Crippen LogP contribution in [-0.2, 0) is 5.60 Å². The molecule has 1 aromatic carbocycles. The molecule has 2 fully saturated rings. The highest BCUT2D eigenvalue weighted by Crippen LogP contribution is 2.39. The molecule has 3 N–H and O–H groups in total. The average molecular weight is 277 g/mol. The number of β-amino-alcohol motifs (C(OH)–C–C–N with tert-alkyl or cyclic N) is 1. The van der Waals surface area contributed by atoms with Gasteiger partial charge in [0.05, 0.1) is 11.7 Å². The topological polar surface area (TPSA) is 63.9 Å². The fraction of sp³-hybridized carbons (Fsp3) is 0.625. The quantitative estimate of drug-likeness (QED) is 0.779. The lowest BCUT2D eigenvalue weighted by Crippen LogP contribution is -2.38. The van der Waals surface area contributed by atoms with Crippen LogP contribution < -0.4 is 0 Å². The number of rotatable bonds is 3. The minimum atomic E-state index is -0.912. The molecule has 0 amide bonds. The van der Waals surface area contributed by atoms with Crippen LogP contribution in [0.15, 0.2) is 24.3 Å². The SMILES string of the molecule is CC(O)(CN1CC2CC(O)CC2C1)c1ccc(O)cc1. The van der Waals surface area contributed by atoms with Crippen molar-refractivity contribution in [3.63, 3.8) is 0 Å². The van der Waals surface area contributed by atoms with Crippen molar-refractivity contribution in [2.24, 2.45) is 11.8 Å². The molecule has 4 heteroatoms. The van der Waals surface area contributed by atoms with Gasteiger partial charge >= 0.3 is 0 Å². The smallest absolute Gasteiger partial charge is 0.115 e. The monoisotopic (exact) mass is 277 g/mol. The third-order valence-corrected chi connectivity index (χ3v) is 4.82. The Balaban J connectivity index is 1.64. The summed E-state index contributed by atoms with van der Waals surface area (Å²) in [7, 11) is 0. The minimum absolute atomic E-state index is 0.121. The average Bonchev–Trinajstić information content (AvgIpc) is 2.85. The number of phenolic OH excluding ortho intramolecular Hbond substituents is 1. The Labute approximate surface area is 119 Å². The van der Waals surface area contributed by atoms with Gasteiger partial charge in [0.2, 0.25) is 0 Å². The maximum atomic E-state index is 10.7. The van der Waals surface area contributed by atoms with Crippen LogP contribution in [-0.4, -0.2) is 46.0 Å². The van der Waals surface area contributed by atoms with Crippen LogP contribution in [0.5, 0.6) is 5.75 Å². The van der Waals surface area contributed by atoms with Crippen molar-refractivity contribution in [2.45, 2.75) is 31.5 Å². The first-order chi connectivity index (χ1) is 9.44. The highest BCUT2D eigenvalue weighted by Gasteiger charge is 2.41. The van der Waals surface area contributed by atoms with Crippen molar-refractivity contribution in [1.82, 2.24) is 4.90 Å². The van der Waals surface area contributed by atoms with Gasteiger partial charge in [-0.3, -0.25) is 4.90 Å². The Hall–Kier alpha value is -1.10. The maximum absolute atomic E-state index is 10.7. The van der Waals surface area contributed by atoms with Gasteiger partial charge in [-0.15, -0.1) is 0 Å². The van der Waals surface area contributed by atoms with E-state index in [1.165, 1.54) is 0 Å². The lowest BCUT2D eigenvalue weighted by atomic mass is 9.95. The lowest BCUT2D eigenvalue weighted by Gasteiger charge is -2.30. The third kappa shape index (κ3) is 2.68. The van der Waals surface area contributed by atoms with Crippen LogP contribution in [0.4, 0.5) is 0 Å². The predicted octanol–water partition coefficient (Wildman–Crippen LogP) is 1.30. The molecule has 1 saturated carbocycles. The fourth-order valence-corrected chi connectivity index (χ4v) is 3.84. The van der Waals surface area contributed by atoms with Crippen LogP contribution in [0.3, 0.4) is 0 Å². The van der Waals surface area contributed by atoms with Crippen molar-refractivity contribution in [2.75, 3.05) is 19.6 Å². The normalized spacial score (nSPS) is 33.0. The molecule has 110 valence electrons. The van der Waals surface area contributed by atoms with Crippen molar-refractivity contribution >= 4 is 0 Å². The van der Waals surface area contributed by atoms with Gasteiger partial charge in [-0.2, -0.15) is 0 Å². The Morgan fingerprint density at radius 1 is 1.15 bits per heavy atom. The van der Waals surface area contributed by atoms with Gasteiger partial charge in [-0.1, -0.05) is 12.1 Å². The number of likely N-dealkylation sites (tertiary alicyclic amines) is 1. The van der Waals surface area contributed by atoms with Gasteiger partial charge in [0.15, 0.2) is 0 Å². The predicted molar refractivity (Wildman–Crippen MR) is 76.3 cm³/mol. The standard InChI is InChI=1S/C16H23NO3/c1-16(20,13-2-4-14(18)5-3-13)10-17-8-11-6-15(19)7-12(11)9-17/h2-5,11-12,15,18-20H,6-10H2,1H3. The highest BCUT2D eigenvalue weighted by atomic mass is 16.3. The molecule has 1 aliphatic heterocycles. The summed E-state index contributed by atoms with van der Waals surface area (Å²) in [5, 5.41) is 29.7. The molecule has 4 nitrogen and oxygen atoms in total. The number of fused-ring (bicyclic) bond motifs is 1. The van der Waals surface area contributed by atoms with Crippen LogP contribution in [0.25, 0.3) is 0 Å². The number of nitrogens with zero attached hydrogens (tertiary/aromatic N) is 1. The van der Waals surface area contributed by atoms with Crippen LogP contribution >= 0.6 is 0 Å². The van der Waals surface area contributed by atoms with Crippen LogP contribution in [0.1, 0.15) is 25.3 Å². The number of aromatic hydroxyl groups is 1. The number of aliphatic hydroxyl groups excluding tert-OH is 1. The third-order valence-electron chi connectivity index (χ3n) is 4.82. The Morgan fingerprint density at radius 3 is 2.25 bits per heavy atom. The minimum Gasteiger partial charge on any atom is -0.508 e. The Bertz CT molecular complexity index is 457. The number of phenols is 1. The van der Waals surface area contributed by atoms with Gasteiger partial charge in [0.1, 0.15) is 5.75 Å². The van der Waals surface area contributed by atoms with E-state index in [4.69, 9.17) is 0 Å². The van der Waals surface area contributed by atoms with Crippen LogP contribution in [0.2, 0.25) is 0 Å². The van der Waals surface area contributed by atoms with E-state index in [2.05, 4.69) is 4.90 Å². The van der Waals surface area contributed by atoms with Gasteiger partial charge in [0.25, 0.3) is 0 Å². The first kappa shape index (κ1) is 13.9. The summed E-state index contributed by atoms with van der Waals surface area (Å²) in [4.78, 5) is 2.30. The number of aliphatic hydroxyl groups is 2. The van der Waals surface area contributed by atoms with Crippen molar-refractivity contribution in [1.29, 1.82) is 0 Å². The van der Waals surface area contributed by atoms with E-state index >= 15 is 0 Å². The number of benzene rings is 1. The highest BCUT2D eigenvalue weighted by molar-refractivity contribution is 5.29. The Morgan fingerprint density at radius 2 is 1.70 bits per heavy atom. The zero-order valence-electron chi connectivity index (χ0n) is 11.9. The number of hydrogen-bond acceptors (Lipinski definition) is 4. The van der Waals surface area contributed by atoms with E-state index in [0.717, 1.165) is 31.5 Å². The van der Waals surface area contributed by atoms with E-state index in [1.807, 2.05) is 6.92 Å². The molecule has 20 heavy (non-hydrogen) atoms. The molecule has 2 aliphatic rings. The molecular weight excluding hydrogens is 254 g/mol. The summed E-state index contributed by atoms with van der Waals surface area (Å²) in [6.07, 6.45) is 1.69. The summed E-state index contributed by atoms with van der Waals surface area (Å²) in [5.74, 6) is 1.38. The Kier molecular flexibility index (Phi) is 3.48. The zero-order chi connectivity index (χ0) is 14.3. The molecule has 3 rings (SSSR count). The van der Waals surface area contributed by atoms with Crippen molar-refractivity contribution < 1.29 is 15.3 Å². The van der Waals surface area contributed by atoms with E-state index in [1.54, 1.807) is 24.3 Å². The molecule has 0 radical (unpaired) electrons. The summed E-state index contributed by atoms with van der Waals surface area (Å²) in [6, 6.07) is 6.77. The molecule has 3 unspecified atom stereocenters. The van der Waals surface area contributed by atoms with Crippen molar-refractivity contribution in [3.8, 4) is 5.75 Å². The molecule has 3 atom stereocenters. The van der Waals surface area contributed by atoms with Crippen molar-refractivity contribution in [3.05, 3.63) is 29.8 Å². The molecule has 0 bridgehead atoms. The summed E-state index contributed by atoms with van der Waals surface area (Å²) in [5.41, 5.74) is -0.0855. The van der Waals surface area contributed by atoms with E-state index < -0.39 is 5.60 Å². The lowest BCUT2D eigenvalue weighted by molar-refractivity contribution is 0.0192. The molecule has 1 aliphatic carbocycles. The van der Waals surface area contributed by atoms with Gasteiger partial charge < -0.3 is 15.3 Å². The molecule has 1 aromatic rings. The second kappa shape index (κ2) is 5.02. The summed E-state index contributed by atoms with van der Waals surface area (Å²) >= 11 is 0. The largest absolute Gasteiger partial charge is 0.508 e. The van der Waals surface area contributed by atoms with Gasteiger partial charge in [-0.05, 0) is 49.3 Å². The molecule has 1 heterocycles. The summed E-state index contributed by atoms with van der Waals surface area (Å²) in [6.45, 7) is 4.36. The molecule has 0 aromatic heterocycles. The van der Waals surface area contributed by atoms with E-state index in [9.17, 15) is 15.3 Å². The second-order valence-electron chi connectivity index (χ2n) is 6.66. The maximum Gasteiger partial charge on any atom is 0.115 e. The van der Waals surface area contributed by atoms with Gasteiger partial charge in [0, 0.05) is 19.6 Å². The van der Waals surface area contributed by atoms with E-state index in [0.29, 0.717) is 18.4 Å². The zero-order valence-corrected chi connectivity index (χ0v) is 11.9. The first-order valence-corrected chi connectivity index (χ1v) is 7.36. The fourth-order valence-electron chi connectivity index (χ4n) is 3.84. The molecular formula is C16H23NO3. The van der Waals surface area contributed by atoms with Gasteiger partial charge in [-0.25, -0.2) is 0 Å². The molecule has 1 saturated heterocycles.